The molecule has 1 aromatic carbocycles. The molecule has 20 heavy (non-hydrogen) atoms. The van der Waals surface area contributed by atoms with Gasteiger partial charge < -0.3 is 14.2 Å². The highest BCUT2D eigenvalue weighted by molar-refractivity contribution is 6.17. The average molecular weight is 295 g/mol. The highest BCUT2D eigenvalue weighted by Crippen LogP contribution is 2.41. The summed E-state index contributed by atoms with van der Waals surface area (Å²) in [5.41, 5.74) is 2.41. The van der Waals surface area contributed by atoms with Crippen molar-refractivity contribution in [3.63, 3.8) is 0 Å². The molecule has 5 nitrogen and oxygen atoms in total. The molecule has 0 fully saturated rings. The summed E-state index contributed by atoms with van der Waals surface area (Å²) in [6.45, 7) is 0. The fourth-order valence-electron chi connectivity index (χ4n) is 1.93. The second kappa shape index (κ2) is 6.43. The Morgan fingerprint density at radius 1 is 1.05 bits per heavy atom. The van der Waals surface area contributed by atoms with Crippen LogP contribution in [0.1, 0.15) is 5.56 Å². The lowest BCUT2D eigenvalue weighted by molar-refractivity contribution is 0.324. The number of benzene rings is 1. The minimum absolute atomic E-state index is 0.326. The highest BCUT2D eigenvalue weighted by Gasteiger charge is 2.16. The van der Waals surface area contributed by atoms with Crippen LogP contribution in [0.3, 0.4) is 0 Å². The molecule has 0 aliphatic rings. The van der Waals surface area contributed by atoms with Gasteiger partial charge in [0, 0.05) is 17.3 Å². The van der Waals surface area contributed by atoms with Gasteiger partial charge in [-0.3, -0.25) is 0 Å². The molecule has 0 amide bonds. The molecule has 106 valence electrons. The maximum Gasteiger partial charge on any atom is 0.203 e. The normalized spacial score (nSPS) is 10.2. The van der Waals surface area contributed by atoms with Crippen molar-refractivity contribution < 1.29 is 14.2 Å². The molecule has 1 heterocycles. The summed E-state index contributed by atoms with van der Waals surface area (Å²) in [5.74, 6) is 2.01. The summed E-state index contributed by atoms with van der Waals surface area (Å²) >= 11 is 5.92. The van der Waals surface area contributed by atoms with Gasteiger partial charge in [-0.15, -0.1) is 11.6 Å². The Bertz CT molecular complexity index is 580. The van der Waals surface area contributed by atoms with Crippen molar-refractivity contribution in [1.82, 2.24) is 9.97 Å². The van der Waals surface area contributed by atoms with E-state index in [2.05, 4.69) is 9.97 Å². The van der Waals surface area contributed by atoms with Gasteiger partial charge in [0.15, 0.2) is 11.5 Å². The van der Waals surface area contributed by atoms with E-state index in [-0.39, 0.29) is 0 Å². The van der Waals surface area contributed by atoms with Gasteiger partial charge in [0.2, 0.25) is 5.75 Å². The van der Waals surface area contributed by atoms with Crippen molar-refractivity contribution in [1.29, 1.82) is 0 Å². The van der Waals surface area contributed by atoms with E-state index in [1.54, 1.807) is 27.5 Å². The van der Waals surface area contributed by atoms with Crippen LogP contribution in [0.2, 0.25) is 0 Å². The van der Waals surface area contributed by atoms with E-state index in [9.17, 15) is 0 Å². The standard InChI is InChI=1S/C14H15ClN2O3/c1-18-11-4-9(5-12(19-2)14(11)20-3)13-10(6-15)7-16-8-17-13/h4-5,7-8H,6H2,1-3H3. The van der Waals surface area contributed by atoms with E-state index in [1.165, 1.54) is 6.33 Å². The molecule has 6 heteroatoms. The molecule has 0 radical (unpaired) electrons. The lowest BCUT2D eigenvalue weighted by Crippen LogP contribution is -1.98. The predicted octanol–water partition coefficient (Wildman–Crippen LogP) is 2.91. The smallest absolute Gasteiger partial charge is 0.203 e. The first-order chi connectivity index (χ1) is 9.74. The van der Waals surface area contributed by atoms with E-state index in [4.69, 9.17) is 25.8 Å². The van der Waals surface area contributed by atoms with Crippen LogP contribution >= 0.6 is 11.6 Å². The second-order valence-corrected chi connectivity index (χ2v) is 4.21. The lowest BCUT2D eigenvalue weighted by Gasteiger charge is -2.14. The molecule has 0 aliphatic carbocycles. The summed E-state index contributed by atoms with van der Waals surface area (Å²) in [4.78, 5) is 8.26. The van der Waals surface area contributed by atoms with Crippen LogP contribution < -0.4 is 14.2 Å². The Hall–Kier alpha value is -2.01. The van der Waals surface area contributed by atoms with Crippen LogP contribution in [0.5, 0.6) is 17.2 Å². The Labute approximate surface area is 122 Å². The molecule has 0 spiro atoms. The molecule has 0 N–H and O–H groups in total. The summed E-state index contributed by atoms with van der Waals surface area (Å²) in [5, 5.41) is 0. The molecule has 2 aromatic rings. The molecule has 0 aliphatic heterocycles. The van der Waals surface area contributed by atoms with Crippen molar-refractivity contribution in [2.75, 3.05) is 21.3 Å². The van der Waals surface area contributed by atoms with Crippen LogP contribution in [-0.4, -0.2) is 31.3 Å². The van der Waals surface area contributed by atoms with E-state index in [1.807, 2.05) is 12.1 Å². The quantitative estimate of drug-likeness (QED) is 0.794. The molecule has 0 unspecified atom stereocenters. The Morgan fingerprint density at radius 2 is 1.70 bits per heavy atom. The number of rotatable bonds is 5. The maximum atomic E-state index is 5.92. The van der Waals surface area contributed by atoms with Gasteiger partial charge in [-0.25, -0.2) is 9.97 Å². The Morgan fingerprint density at radius 3 is 2.20 bits per heavy atom. The number of aromatic nitrogens is 2. The first kappa shape index (κ1) is 14.4. The van der Waals surface area contributed by atoms with Gasteiger partial charge in [0.25, 0.3) is 0 Å². The molecule has 2 rings (SSSR count). The topological polar surface area (TPSA) is 53.5 Å². The molecule has 0 bridgehead atoms. The van der Waals surface area contributed by atoms with Gasteiger partial charge >= 0.3 is 0 Å². The zero-order chi connectivity index (χ0) is 14.5. The minimum atomic E-state index is 0.326. The third kappa shape index (κ3) is 2.63. The fourth-order valence-corrected chi connectivity index (χ4v) is 2.13. The minimum Gasteiger partial charge on any atom is -0.493 e. The van der Waals surface area contributed by atoms with Crippen molar-refractivity contribution in [2.24, 2.45) is 0 Å². The monoisotopic (exact) mass is 294 g/mol. The Kier molecular flexibility index (Phi) is 4.63. The van der Waals surface area contributed by atoms with Gasteiger partial charge in [-0.2, -0.15) is 0 Å². The molecular weight excluding hydrogens is 280 g/mol. The van der Waals surface area contributed by atoms with Crippen LogP contribution in [0.25, 0.3) is 11.3 Å². The Balaban J connectivity index is 2.63. The first-order valence-corrected chi connectivity index (χ1v) is 6.43. The number of ether oxygens (including phenoxy) is 3. The second-order valence-electron chi connectivity index (χ2n) is 3.94. The van der Waals surface area contributed by atoms with Gasteiger partial charge in [-0.1, -0.05) is 0 Å². The third-order valence-corrected chi connectivity index (χ3v) is 3.16. The van der Waals surface area contributed by atoms with E-state index >= 15 is 0 Å². The zero-order valence-electron chi connectivity index (χ0n) is 11.5. The van der Waals surface area contributed by atoms with Crippen molar-refractivity contribution in [2.45, 2.75) is 5.88 Å². The SMILES string of the molecule is COc1cc(-c2ncncc2CCl)cc(OC)c1OC. The number of hydrogen-bond acceptors (Lipinski definition) is 5. The van der Waals surface area contributed by atoms with Crippen LogP contribution in [0, 0.1) is 0 Å². The van der Waals surface area contributed by atoms with Crippen LogP contribution in [-0.2, 0) is 5.88 Å². The van der Waals surface area contributed by atoms with Crippen LogP contribution in [0.15, 0.2) is 24.7 Å². The summed E-state index contributed by atoms with van der Waals surface area (Å²) < 4.78 is 16.0. The first-order valence-electron chi connectivity index (χ1n) is 5.90. The number of nitrogens with zero attached hydrogens (tertiary/aromatic N) is 2. The van der Waals surface area contributed by atoms with Crippen molar-refractivity contribution in [3.8, 4) is 28.5 Å². The number of hydrogen-bond donors (Lipinski definition) is 0. The molecule has 0 saturated carbocycles. The van der Waals surface area contributed by atoms with E-state index in [0.29, 0.717) is 23.1 Å². The third-order valence-electron chi connectivity index (χ3n) is 2.87. The molecule has 0 saturated heterocycles. The number of alkyl halides is 1. The maximum absolute atomic E-state index is 5.92. The lowest BCUT2D eigenvalue weighted by atomic mass is 10.1. The van der Waals surface area contributed by atoms with E-state index < -0.39 is 0 Å². The highest BCUT2D eigenvalue weighted by atomic mass is 35.5. The number of halogens is 1. The molecule has 0 atom stereocenters. The predicted molar refractivity (Wildman–Crippen MR) is 76.7 cm³/mol. The van der Waals surface area contributed by atoms with Gasteiger partial charge in [-0.05, 0) is 12.1 Å². The molecular formula is C14H15ClN2O3. The van der Waals surface area contributed by atoms with Crippen LogP contribution in [0.4, 0.5) is 0 Å². The zero-order valence-corrected chi connectivity index (χ0v) is 12.3. The van der Waals surface area contributed by atoms with Crippen molar-refractivity contribution >= 4 is 11.6 Å². The summed E-state index contributed by atoms with van der Waals surface area (Å²) in [6, 6.07) is 3.67. The van der Waals surface area contributed by atoms with Crippen molar-refractivity contribution in [3.05, 3.63) is 30.2 Å². The largest absolute Gasteiger partial charge is 0.493 e. The fraction of sp³-hybridized carbons (Fsp3) is 0.286. The average Bonchev–Trinajstić information content (AvgIpc) is 2.53. The summed E-state index contributed by atoms with van der Waals surface area (Å²) in [6.07, 6.45) is 3.17. The number of methoxy groups -OCH3 is 3. The molecule has 1 aromatic heterocycles. The van der Waals surface area contributed by atoms with Gasteiger partial charge in [0.1, 0.15) is 6.33 Å². The van der Waals surface area contributed by atoms with Gasteiger partial charge in [0.05, 0.1) is 32.9 Å². The van der Waals surface area contributed by atoms with E-state index in [0.717, 1.165) is 16.8 Å². The summed E-state index contributed by atoms with van der Waals surface area (Å²) in [7, 11) is 4.71.